The minimum Gasteiger partial charge on any atom is -0.299 e. The molecule has 0 radical (unpaired) electrons. The fourth-order valence-electron chi connectivity index (χ4n) is 1.90. The van der Waals surface area contributed by atoms with Gasteiger partial charge in [0.1, 0.15) is 5.78 Å². The maximum atomic E-state index is 11.0. The van der Waals surface area contributed by atoms with Gasteiger partial charge in [-0.25, -0.2) is 0 Å². The third-order valence-corrected chi connectivity index (χ3v) is 2.60. The summed E-state index contributed by atoms with van der Waals surface area (Å²) in [7, 11) is 0. The van der Waals surface area contributed by atoms with Gasteiger partial charge in [-0.1, -0.05) is 19.1 Å². The molecule has 0 aromatic heterocycles. The molecule has 0 N–H and O–H groups in total. The Balaban J connectivity index is 2.21. The first-order valence-electron chi connectivity index (χ1n) is 3.51. The molecule has 0 amide bonds. The summed E-state index contributed by atoms with van der Waals surface area (Å²) in [5, 5.41) is 0. The molecule has 2 aliphatic carbocycles. The Hall–Kier alpha value is -0.590. The SMILES string of the molecule is C[C@H]1C(=O)[C@@H]2CC=C[C@H]12. The first kappa shape index (κ1) is 5.21. The number of rotatable bonds is 0. The molecule has 0 aromatic rings. The van der Waals surface area contributed by atoms with Crippen LogP contribution in [0.2, 0.25) is 0 Å². The lowest BCUT2D eigenvalue weighted by atomic mass is 9.66. The topological polar surface area (TPSA) is 17.1 Å². The molecular weight excluding hydrogens is 112 g/mol. The van der Waals surface area contributed by atoms with E-state index < -0.39 is 0 Å². The summed E-state index contributed by atoms with van der Waals surface area (Å²) in [5.74, 6) is 1.80. The van der Waals surface area contributed by atoms with Crippen LogP contribution in [0, 0.1) is 17.8 Å². The zero-order valence-electron chi connectivity index (χ0n) is 5.50. The predicted molar refractivity (Wildman–Crippen MR) is 34.9 cm³/mol. The number of fused-ring (bicyclic) bond motifs is 1. The maximum Gasteiger partial charge on any atom is 0.140 e. The van der Waals surface area contributed by atoms with Crippen LogP contribution in [0.15, 0.2) is 12.2 Å². The second-order valence-electron chi connectivity index (χ2n) is 3.04. The molecule has 1 heteroatoms. The first-order chi connectivity index (χ1) is 4.30. The summed E-state index contributed by atoms with van der Waals surface area (Å²) in [4.78, 5) is 11.0. The Labute approximate surface area is 54.8 Å². The summed E-state index contributed by atoms with van der Waals surface area (Å²) in [5.41, 5.74) is 0. The summed E-state index contributed by atoms with van der Waals surface area (Å²) < 4.78 is 0. The summed E-state index contributed by atoms with van der Waals surface area (Å²) in [6.45, 7) is 2.03. The standard InChI is InChI=1S/C8H10O/c1-5-6-3-2-4-7(6)8(5)9/h2-3,5-7H,4H2,1H3/t5-,6-,7-/m1/s1. The van der Waals surface area contributed by atoms with Gasteiger partial charge >= 0.3 is 0 Å². The van der Waals surface area contributed by atoms with E-state index in [0.29, 0.717) is 23.5 Å². The van der Waals surface area contributed by atoms with Gasteiger partial charge in [0, 0.05) is 11.8 Å². The molecule has 0 aliphatic heterocycles. The number of ketones is 1. The summed E-state index contributed by atoms with van der Waals surface area (Å²) >= 11 is 0. The van der Waals surface area contributed by atoms with Gasteiger partial charge in [-0.05, 0) is 12.3 Å². The van der Waals surface area contributed by atoms with Gasteiger partial charge in [-0.15, -0.1) is 0 Å². The largest absolute Gasteiger partial charge is 0.299 e. The number of carbonyl (C=O) groups excluding carboxylic acids is 1. The molecule has 1 fully saturated rings. The van der Waals surface area contributed by atoms with Crippen LogP contribution in [0.3, 0.4) is 0 Å². The van der Waals surface area contributed by atoms with Crippen LogP contribution in [0.5, 0.6) is 0 Å². The van der Waals surface area contributed by atoms with Gasteiger partial charge < -0.3 is 0 Å². The lowest BCUT2D eigenvalue weighted by Gasteiger charge is -2.35. The van der Waals surface area contributed by atoms with E-state index >= 15 is 0 Å². The highest BCUT2D eigenvalue weighted by Gasteiger charge is 2.46. The van der Waals surface area contributed by atoms with Crippen LogP contribution in [0.1, 0.15) is 13.3 Å². The quantitative estimate of drug-likeness (QED) is 0.444. The van der Waals surface area contributed by atoms with Gasteiger partial charge in [0.05, 0.1) is 0 Å². The number of carbonyl (C=O) groups is 1. The molecular formula is C8H10O. The summed E-state index contributed by atoms with van der Waals surface area (Å²) in [6.07, 6.45) is 5.33. The number of hydrogen-bond donors (Lipinski definition) is 0. The van der Waals surface area contributed by atoms with E-state index in [1.807, 2.05) is 6.92 Å². The molecule has 0 unspecified atom stereocenters. The minimum atomic E-state index is 0.328. The van der Waals surface area contributed by atoms with Crippen molar-refractivity contribution < 1.29 is 4.79 Å². The Morgan fingerprint density at radius 1 is 1.67 bits per heavy atom. The van der Waals surface area contributed by atoms with Crippen LogP contribution in [0.4, 0.5) is 0 Å². The van der Waals surface area contributed by atoms with Crippen molar-refractivity contribution >= 4 is 5.78 Å². The molecule has 1 nitrogen and oxygen atoms in total. The van der Waals surface area contributed by atoms with E-state index in [9.17, 15) is 4.79 Å². The average molecular weight is 122 g/mol. The van der Waals surface area contributed by atoms with Crippen molar-refractivity contribution in [3.63, 3.8) is 0 Å². The van der Waals surface area contributed by atoms with Crippen LogP contribution in [0.25, 0.3) is 0 Å². The Kier molecular flexibility index (Phi) is 0.850. The number of Topliss-reactive ketones (excluding diaryl/α,β-unsaturated/α-hetero) is 1. The second-order valence-corrected chi connectivity index (χ2v) is 3.04. The molecule has 0 bridgehead atoms. The van der Waals surface area contributed by atoms with E-state index in [1.54, 1.807) is 0 Å². The fourth-order valence-corrected chi connectivity index (χ4v) is 1.90. The molecule has 0 aromatic carbocycles. The lowest BCUT2D eigenvalue weighted by Crippen LogP contribution is -2.42. The van der Waals surface area contributed by atoms with Crippen LogP contribution in [-0.4, -0.2) is 5.78 Å². The summed E-state index contributed by atoms with van der Waals surface area (Å²) in [6, 6.07) is 0. The fraction of sp³-hybridized carbons (Fsp3) is 0.625. The Morgan fingerprint density at radius 3 is 3.11 bits per heavy atom. The molecule has 0 saturated heterocycles. The van der Waals surface area contributed by atoms with Gasteiger partial charge in [-0.2, -0.15) is 0 Å². The predicted octanol–water partition coefficient (Wildman–Crippen LogP) is 1.40. The normalized spacial score (nSPS) is 46.8. The molecule has 2 rings (SSSR count). The lowest BCUT2D eigenvalue weighted by molar-refractivity contribution is -0.138. The molecule has 9 heavy (non-hydrogen) atoms. The van der Waals surface area contributed by atoms with Crippen LogP contribution in [-0.2, 0) is 4.79 Å². The Bertz CT molecular complexity index is 181. The van der Waals surface area contributed by atoms with Crippen molar-refractivity contribution in [1.29, 1.82) is 0 Å². The van der Waals surface area contributed by atoms with Gasteiger partial charge in [0.25, 0.3) is 0 Å². The van der Waals surface area contributed by atoms with E-state index in [2.05, 4.69) is 12.2 Å². The highest BCUT2D eigenvalue weighted by Crippen LogP contribution is 2.43. The third-order valence-electron chi connectivity index (χ3n) is 2.60. The van der Waals surface area contributed by atoms with Crippen LogP contribution < -0.4 is 0 Å². The molecule has 3 atom stereocenters. The van der Waals surface area contributed by atoms with Crippen LogP contribution >= 0.6 is 0 Å². The first-order valence-corrected chi connectivity index (χ1v) is 3.51. The Morgan fingerprint density at radius 2 is 2.44 bits per heavy atom. The monoisotopic (exact) mass is 122 g/mol. The number of allylic oxidation sites excluding steroid dienone is 2. The number of hydrogen-bond acceptors (Lipinski definition) is 1. The van der Waals surface area contributed by atoms with E-state index in [0.717, 1.165) is 6.42 Å². The van der Waals surface area contributed by atoms with Crippen molar-refractivity contribution in [2.45, 2.75) is 13.3 Å². The third kappa shape index (κ3) is 0.473. The smallest absolute Gasteiger partial charge is 0.140 e. The minimum absolute atomic E-state index is 0.328. The van der Waals surface area contributed by atoms with Crippen molar-refractivity contribution in [1.82, 2.24) is 0 Å². The van der Waals surface area contributed by atoms with Gasteiger partial charge in [0.15, 0.2) is 0 Å². The van der Waals surface area contributed by atoms with Crippen molar-refractivity contribution in [3.8, 4) is 0 Å². The highest BCUT2D eigenvalue weighted by atomic mass is 16.1. The molecule has 0 heterocycles. The molecule has 48 valence electrons. The van der Waals surface area contributed by atoms with Crippen molar-refractivity contribution in [2.75, 3.05) is 0 Å². The zero-order chi connectivity index (χ0) is 6.43. The van der Waals surface area contributed by atoms with E-state index in [-0.39, 0.29) is 0 Å². The molecule has 0 spiro atoms. The van der Waals surface area contributed by atoms with Gasteiger partial charge in [0.2, 0.25) is 0 Å². The van der Waals surface area contributed by atoms with E-state index in [1.165, 1.54) is 0 Å². The molecule has 1 saturated carbocycles. The van der Waals surface area contributed by atoms with Gasteiger partial charge in [-0.3, -0.25) is 4.79 Å². The van der Waals surface area contributed by atoms with Crippen molar-refractivity contribution in [2.24, 2.45) is 17.8 Å². The zero-order valence-corrected chi connectivity index (χ0v) is 5.50. The van der Waals surface area contributed by atoms with E-state index in [4.69, 9.17) is 0 Å². The second kappa shape index (κ2) is 1.47. The average Bonchev–Trinajstić information content (AvgIpc) is 2.30. The van der Waals surface area contributed by atoms with Crippen molar-refractivity contribution in [3.05, 3.63) is 12.2 Å². The highest BCUT2D eigenvalue weighted by molar-refractivity contribution is 5.91. The maximum absolute atomic E-state index is 11.0. The molecule has 2 aliphatic rings.